The molecular weight excluding hydrogens is 502 g/mol. The number of nitrogens with zero attached hydrogens (tertiary/aromatic N) is 3. The van der Waals surface area contributed by atoms with Gasteiger partial charge in [-0.25, -0.2) is 4.98 Å². The molecule has 5 rings (SSSR count). The second-order valence-electron chi connectivity index (χ2n) is 8.97. The SMILES string of the molecule is Cc1cccc(C(=O)Nc2ccc(CN3C(=O)c4ccc(Cl)cc4NC(=O)C3Cc3ccccn3)cc2)n1. The first-order valence-electron chi connectivity index (χ1n) is 12.0. The molecule has 1 atom stereocenters. The number of aromatic nitrogens is 2. The first kappa shape index (κ1) is 25.1. The third kappa shape index (κ3) is 5.55. The van der Waals surface area contributed by atoms with E-state index >= 15 is 0 Å². The van der Waals surface area contributed by atoms with Crippen molar-refractivity contribution in [1.82, 2.24) is 14.9 Å². The van der Waals surface area contributed by atoms with Crippen molar-refractivity contribution in [2.24, 2.45) is 0 Å². The molecule has 0 aliphatic carbocycles. The van der Waals surface area contributed by atoms with E-state index in [0.717, 1.165) is 11.3 Å². The average Bonchev–Trinajstić information content (AvgIpc) is 3.00. The molecule has 8 nitrogen and oxygen atoms in total. The molecule has 4 aromatic rings. The van der Waals surface area contributed by atoms with Gasteiger partial charge in [-0.1, -0.05) is 35.9 Å². The van der Waals surface area contributed by atoms with E-state index in [-0.39, 0.29) is 30.7 Å². The summed E-state index contributed by atoms with van der Waals surface area (Å²) >= 11 is 6.14. The smallest absolute Gasteiger partial charge is 0.274 e. The predicted octanol–water partition coefficient (Wildman–Crippen LogP) is 4.90. The van der Waals surface area contributed by atoms with E-state index < -0.39 is 6.04 Å². The molecule has 3 heterocycles. The Morgan fingerprint density at radius 2 is 1.84 bits per heavy atom. The monoisotopic (exact) mass is 525 g/mol. The highest BCUT2D eigenvalue weighted by Crippen LogP contribution is 2.29. The normalized spacial score (nSPS) is 14.9. The van der Waals surface area contributed by atoms with Crippen molar-refractivity contribution in [2.45, 2.75) is 25.9 Å². The zero-order valence-electron chi connectivity index (χ0n) is 20.5. The van der Waals surface area contributed by atoms with Gasteiger partial charge in [0, 0.05) is 41.3 Å². The number of halogens is 1. The summed E-state index contributed by atoms with van der Waals surface area (Å²) in [6.45, 7) is 2.00. The second-order valence-corrected chi connectivity index (χ2v) is 9.40. The van der Waals surface area contributed by atoms with Crippen LogP contribution in [0.1, 0.15) is 37.8 Å². The van der Waals surface area contributed by atoms with Crippen molar-refractivity contribution in [1.29, 1.82) is 0 Å². The van der Waals surface area contributed by atoms with Gasteiger partial charge in [0.15, 0.2) is 0 Å². The summed E-state index contributed by atoms with van der Waals surface area (Å²) in [5.74, 6) is -0.926. The molecule has 190 valence electrons. The minimum absolute atomic E-state index is 0.180. The molecular formula is C29H24ClN5O3. The molecule has 2 aromatic heterocycles. The molecule has 2 N–H and O–H groups in total. The lowest BCUT2D eigenvalue weighted by atomic mass is 10.1. The maximum absolute atomic E-state index is 13.7. The van der Waals surface area contributed by atoms with Crippen LogP contribution in [0, 0.1) is 6.92 Å². The Kier molecular flexibility index (Phi) is 7.15. The molecule has 2 aromatic carbocycles. The Hall–Kier alpha value is -4.56. The molecule has 0 radical (unpaired) electrons. The van der Waals surface area contributed by atoms with Crippen LogP contribution < -0.4 is 10.6 Å². The molecule has 1 aliphatic rings. The van der Waals surface area contributed by atoms with E-state index in [1.165, 1.54) is 0 Å². The zero-order chi connectivity index (χ0) is 26.6. The van der Waals surface area contributed by atoms with Crippen molar-refractivity contribution in [3.63, 3.8) is 0 Å². The van der Waals surface area contributed by atoms with Gasteiger partial charge in [-0.05, 0) is 67.1 Å². The fourth-order valence-electron chi connectivity index (χ4n) is 4.32. The molecule has 0 fully saturated rings. The molecule has 1 unspecified atom stereocenters. The van der Waals surface area contributed by atoms with Gasteiger partial charge in [-0.3, -0.25) is 19.4 Å². The number of nitrogens with one attached hydrogen (secondary N) is 2. The fraction of sp³-hybridized carbons (Fsp3) is 0.138. The molecule has 3 amide bonds. The summed E-state index contributed by atoms with van der Waals surface area (Å²) in [5, 5.41) is 6.12. The first-order chi connectivity index (χ1) is 18.4. The summed E-state index contributed by atoms with van der Waals surface area (Å²) in [5.41, 5.74) is 3.89. The summed E-state index contributed by atoms with van der Waals surface area (Å²) in [4.78, 5) is 49.8. The molecule has 0 spiro atoms. The Morgan fingerprint density at radius 1 is 1.03 bits per heavy atom. The fourth-order valence-corrected chi connectivity index (χ4v) is 4.49. The van der Waals surface area contributed by atoms with Crippen LogP contribution in [0.15, 0.2) is 85.1 Å². The number of hydrogen-bond donors (Lipinski definition) is 2. The number of rotatable bonds is 6. The number of pyridine rings is 2. The van der Waals surface area contributed by atoms with Gasteiger partial charge in [0.05, 0.1) is 11.3 Å². The van der Waals surface area contributed by atoms with E-state index in [9.17, 15) is 14.4 Å². The number of benzene rings is 2. The van der Waals surface area contributed by atoms with E-state index in [2.05, 4.69) is 20.6 Å². The zero-order valence-corrected chi connectivity index (χ0v) is 21.3. The van der Waals surface area contributed by atoms with Crippen LogP contribution in [-0.2, 0) is 17.8 Å². The van der Waals surface area contributed by atoms with E-state index in [1.54, 1.807) is 59.6 Å². The molecule has 38 heavy (non-hydrogen) atoms. The third-order valence-corrected chi connectivity index (χ3v) is 6.46. The Morgan fingerprint density at radius 3 is 2.58 bits per heavy atom. The highest BCUT2D eigenvalue weighted by molar-refractivity contribution is 6.31. The second kappa shape index (κ2) is 10.8. The number of amides is 3. The van der Waals surface area contributed by atoms with Crippen LogP contribution in [0.5, 0.6) is 0 Å². The maximum Gasteiger partial charge on any atom is 0.274 e. The van der Waals surface area contributed by atoms with Gasteiger partial charge >= 0.3 is 0 Å². The van der Waals surface area contributed by atoms with Crippen molar-refractivity contribution < 1.29 is 14.4 Å². The van der Waals surface area contributed by atoms with E-state index in [0.29, 0.717) is 33.3 Å². The van der Waals surface area contributed by atoms with Crippen LogP contribution in [0.4, 0.5) is 11.4 Å². The molecule has 0 bridgehead atoms. The maximum atomic E-state index is 13.7. The van der Waals surface area contributed by atoms with Crippen LogP contribution in [-0.4, -0.2) is 38.6 Å². The minimum Gasteiger partial charge on any atom is -0.323 e. The van der Waals surface area contributed by atoms with Crippen LogP contribution >= 0.6 is 11.6 Å². The van der Waals surface area contributed by atoms with Gasteiger partial charge < -0.3 is 15.5 Å². The van der Waals surface area contributed by atoms with Gasteiger partial charge in [0.1, 0.15) is 11.7 Å². The van der Waals surface area contributed by atoms with Gasteiger partial charge in [-0.2, -0.15) is 0 Å². The Bertz CT molecular complexity index is 1510. The average molecular weight is 526 g/mol. The lowest BCUT2D eigenvalue weighted by molar-refractivity contribution is -0.120. The Labute approximate surface area is 224 Å². The quantitative estimate of drug-likeness (QED) is 0.373. The standard InChI is InChI=1S/C29H24ClN5O3/c1-18-5-4-7-24(32-18)27(36)33-21-11-8-19(9-12-21)17-35-26(16-22-6-2-3-14-31-22)28(37)34-25-15-20(30)10-13-23(25)29(35)38/h2-15,26H,16-17H2,1H3,(H,33,36)(H,34,37). The van der Waals surface area contributed by atoms with Crippen molar-refractivity contribution in [3.8, 4) is 0 Å². The first-order valence-corrected chi connectivity index (χ1v) is 12.4. The highest BCUT2D eigenvalue weighted by Gasteiger charge is 2.35. The van der Waals surface area contributed by atoms with Crippen LogP contribution in [0.2, 0.25) is 5.02 Å². The summed E-state index contributed by atoms with van der Waals surface area (Å²) in [6.07, 6.45) is 1.90. The summed E-state index contributed by atoms with van der Waals surface area (Å²) in [6, 6.07) is 21.9. The number of anilines is 2. The number of carbonyl (C=O) groups excluding carboxylic acids is 3. The lowest BCUT2D eigenvalue weighted by Gasteiger charge is -2.28. The van der Waals surface area contributed by atoms with Gasteiger partial charge in [0.2, 0.25) is 5.91 Å². The number of fused-ring (bicyclic) bond motifs is 1. The lowest BCUT2D eigenvalue weighted by Crippen LogP contribution is -2.46. The van der Waals surface area contributed by atoms with Crippen molar-refractivity contribution >= 4 is 40.7 Å². The molecule has 0 saturated carbocycles. The molecule has 0 saturated heterocycles. The summed E-state index contributed by atoms with van der Waals surface area (Å²) < 4.78 is 0. The van der Waals surface area contributed by atoms with Crippen LogP contribution in [0.25, 0.3) is 0 Å². The number of carbonyl (C=O) groups is 3. The van der Waals surface area contributed by atoms with Crippen molar-refractivity contribution in [2.75, 3.05) is 10.6 Å². The van der Waals surface area contributed by atoms with E-state index in [1.807, 2.05) is 37.3 Å². The number of aryl methyl sites for hydroxylation is 1. The summed E-state index contributed by atoms with van der Waals surface area (Å²) in [7, 11) is 0. The molecule has 1 aliphatic heterocycles. The minimum atomic E-state index is -0.796. The van der Waals surface area contributed by atoms with E-state index in [4.69, 9.17) is 11.6 Å². The predicted molar refractivity (Wildman–Crippen MR) is 145 cm³/mol. The number of hydrogen-bond acceptors (Lipinski definition) is 5. The van der Waals surface area contributed by atoms with Gasteiger partial charge in [0.25, 0.3) is 11.8 Å². The largest absolute Gasteiger partial charge is 0.323 e. The third-order valence-electron chi connectivity index (χ3n) is 6.22. The Balaban J connectivity index is 1.40. The topological polar surface area (TPSA) is 104 Å². The highest BCUT2D eigenvalue weighted by atomic mass is 35.5. The van der Waals surface area contributed by atoms with Crippen molar-refractivity contribution in [3.05, 3.63) is 118 Å². The molecule has 9 heteroatoms. The van der Waals surface area contributed by atoms with Gasteiger partial charge in [-0.15, -0.1) is 0 Å². The van der Waals surface area contributed by atoms with Crippen LogP contribution in [0.3, 0.4) is 0 Å².